The second-order valence-corrected chi connectivity index (χ2v) is 7.85. The first-order valence-electron chi connectivity index (χ1n) is 9.09. The highest BCUT2D eigenvalue weighted by Gasteiger charge is 2.63. The lowest BCUT2D eigenvalue weighted by atomic mass is 9.85. The van der Waals surface area contributed by atoms with E-state index in [0.717, 1.165) is 5.56 Å². The van der Waals surface area contributed by atoms with Gasteiger partial charge in [0, 0.05) is 11.6 Å². The molecule has 4 atom stereocenters. The summed E-state index contributed by atoms with van der Waals surface area (Å²) >= 11 is 6.01. The number of halogens is 2. The minimum absolute atomic E-state index is 0.344. The number of aromatic nitrogens is 4. The molecule has 1 saturated heterocycles. The van der Waals surface area contributed by atoms with Crippen molar-refractivity contribution >= 4 is 28.6 Å². The van der Waals surface area contributed by atoms with E-state index in [2.05, 4.69) is 20.3 Å². The van der Waals surface area contributed by atoms with Crippen LogP contribution in [-0.4, -0.2) is 53.7 Å². The van der Waals surface area contributed by atoms with Crippen LogP contribution >= 0.6 is 11.6 Å². The largest absolute Gasteiger partial charge is 0.394 e. The number of alkyl halides is 1. The lowest BCUT2D eigenvalue weighted by Gasteiger charge is -2.32. The van der Waals surface area contributed by atoms with Gasteiger partial charge < -0.3 is 20.3 Å². The van der Waals surface area contributed by atoms with Crippen molar-refractivity contribution in [2.45, 2.75) is 44.0 Å². The van der Waals surface area contributed by atoms with Crippen LogP contribution in [0.15, 0.2) is 36.9 Å². The van der Waals surface area contributed by atoms with Crippen molar-refractivity contribution in [1.29, 1.82) is 0 Å². The first-order valence-corrected chi connectivity index (χ1v) is 9.47. The van der Waals surface area contributed by atoms with Crippen LogP contribution < -0.4 is 5.32 Å². The smallest absolute Gasteiger partial charge is 0.183 e. The zero-order chi connectivity index (χ0) is 20.8. The van der Waals surface area contributed by atoms with Crippen molar-refractivity contribution in [3.05, 3.63) is 47.5 Å². The summed E-state index contributed by atoms with van der Waals surface area (Å²) in [6.45, 7) is 2.48. The van der Waals surface area contributed by atoms with Gasteiger partial charge in [0.2, 0.25) is 0 Å². The number of hydrogen-bond donors (Lipinski definition) is 3. The van der Waals surface area contributed by atoms with E-state index in [0.29, 0.717) is 28.5 Å². The van der Waals surface area contributed by atoms with Gasteiger partial charge in [0.05, 0.1) is 12.9 Å². The Morgan fingerprint density at radius 3 is 2.79 bits per heavy atom. The molecular formula is C19H21ClFN5O3. The highest BCUT2D eigenvalue weighted by Crippen LogP contribution is 2.48. The van der Waals surface area contributed by atoms with Crippen LogP contribution in [0.1, 0.15) is 25.6 Å². The molecule has 8 nitrogen and oxygen atoms in total. The lowest BCUT2D eigenvalue weighted by Crippen LogP contribution is -2.51. The zero-order valence-corrected chi connectivity index (χ0v) is 16.6. The third-order valence-electron chi connectivity index (χ3n) is 5.50. The Bertz CT molecular complexity index is 1040. The summed E-state index contributed by atoms with van der Waals surface area (Å²) in [4.78, 5) is 12.8. The predicted octanol–water partition coefficient (Wildman–Crippen LogP) is 2.46. The van der Waals surface area contributed by atoms with E-state index in [1.165, 1.54) is 31.1 Å². The molecule has 0 aliphatic carbocycles. The highest BCUT2D eigenvalue weighted by molar-refractivity contribution is 6.30. The molecule has 3 heterocycles. The maximum atomic E-state index is 15.5. The lowest BCUT2D eigenvalue weighted by molar-refractivity contribution is -0.0891. The fraction of sp³-hybridized carbons (Fsp3) is 0.421. The molecule has 0 bridgehead atoms. The monoisotopic (exact) mass is 421 g/mol. The predicted molar refractivity (Wildman–Crippen MR) is 105 cm³/mol. The van der Waals surface area contributed by atoms with Crippen LogP contribution in [0.3, 0.4) is 0 Å². The second kappa shape index (κ2) is 7.17. The van der Waals surface area contributed by atoms with Crippen molar-refractivity contribution in [2.24, 2.45) is 0 Å². The molecule has 1 fully saturated rings. The van der Waals surface area contributed by atoms with Gasteiger partial charge in [-0.15, -0.1) is 0 Å². The van der Waals surface area contributed by atoms with Gasteiger partial charge in [0.1, 0.15) is 18.0 Å². The van der Waals surface area contributed by atoms with Gasteiger partial charge in [-0.2, -0.15) is 0 Å². The van der Waals surface area contributed by atoms with E-state index in [1.54, 1.807) is 6.07 Å². The number of imidazole rings is 1. The van der Waals surface area contributed by atoms with E-state index in [9.17, 15) is 10.2 Å². The molecule has 1 aliphatic rings. The minimum atomic E-state index is -2.19. The van der Waals surface area contributed by atoms with E-state index in [1.807, 2.05) is 18.2 Å². The first-order chi connectivity index (χ1) is 13.8. The van der Waals surface area contributed by atoms with Gasteiger partial charge in [0.15, 0.2) is 28.9 Å². The molecule has 3 N–H and O–H groups in total. The van der Waals surface area contributed by atoms with E-state index < -0.39 is 30.2 Å². The molecule has 0 amide bonds. The van der Waals surface area contributed by atoms with Crippen molar-refractivity contribution in [3.63, 3.8) is 0 Å². The van der Waals surface area contributed by atoms with Crippen LogP contribution in [0.5, 0.6) is 0 Å². The summed E-state index contributed by atoms with van der Waals surface area (Å²) in [6, 6.07) is 7.41. The number of anilines is 1. The van der Waals surface area contributed by atoms with Gasteiger partial charge in [0.25, 0.3) is 0 Å². The molecule has 1 aromatic carbocycles. The molecule has 154 valence electrons. The maximum absolute atomic E-state index is 15.5. The van der Waals surface area contributed by atoms with Gasteiger partial charge in [-0.05, 0) is 31.5 Å². The molecule has 1 aliphatic heterocycles. The molecule has 0 spiro atoms. The highest BCUT2D eigenvalue weighted by atomic mass is 35.5. The fourth-order valence-corrected chi connectivity index (χ4v) is 3.73. The molecule has 4 rings (SSSR count). The molecule has 3 aromatic rings. The molecule has 0 saturated carbocycles. The first kappa shape index (κ1) is 20.0. The number of nitrogens with one attached hydrogen (secondary N) is 1. The Hall–Kier alpha value is -2.33. The number of ether oxygens (including phenoxy) is 1. The van der Waals surface area contributed by atoms with Gasteiger partial charge in [-0.25, -0.2) is 19.3 Å². The van der Waals surface area contributed by atoms with Crippen molar-refractivity contribution in [3.8, 4) is 0 Å². The summed E-state index contributed by atoms with van der Waals surface area (Å²) in [7, 11) is 0. The molecule has 10 heteroatoms. The average Bonchev–Trinajstić information content (AvgIpc) is 3.17. The fourth-order valence-electron chi connectivity index (χ4n) is 3.51. The van der Waals surface area contributed by atoms with Crippen LogP contribution in [0.2, 0.25) is 5.02 Å². The van der Waals surface area contributed by atoms with E-state index in [4.69, 9.17) is 16.3 Å². The number of aliphatic hydroxyl groups is 2. The van der Waals surface area contributed by atoms with E-state index in [-0.39, 0.29) is 0 Å². The Morgan fingerprint density at radius 2 is 2.10 bits per heavy atom. The third-order valence-corrected chi connectivity index (χ3v) is 5.73. The number of nitrogens with zero attached hydrogens (tertiary/aromatic N) is 4. The minimum Gasteiger partial charge on any atom is -0.394 e. The molecule has 29 heavy (non-hydrogen) atoms. The Labute approximate surface area is 171 Å². The summed E-state index contributed by atoms with van der Waals surface area (Å²) in [5.74, 6) is 0.470. The van der Waals surface area contributed by atoms with E-state index >= 15 is 4.39 Å². The van der Waals surface area contributed by atoms with Gasteiger partial charge >= 0.3 is 0 Å². The summed E-state index contributed by atoms with van der Waals surface area (Å²) in [5.41, 5.74) is -2.34. The van der Waals surface area contributed by atoms with Crippen LogP contribution in [0.25, 0.3) is 11.2 Å². The number of fused-ring (bicyclic) bond motifs is 1. The van der Waals surface area contributed by atoms with Crippen LogP contribution in [0.4, 0.5) is 10.2 Å². The van der Waals surface area contributed by atoms with Crippen LogP contribution in [-0.2, 0) is 11.3 Å². The molecule has 0 unspecified atom stereocenters. The Kier molecular flexibility index (Phi) is 4.94. The standard InChI is InChI=1S/C19H21ClFN5O3/c1-18(21)17(29-13(8-27)19(18,2)28)26-10-25-14-15(23-9-24-16(14)26)22-7-11-4-3-5-12(20)6-11/h3-6,9-10,13,17,27-28H,7-8H2,1-2H3,(H,22,23,24)/t13-,17+,18+,19+/m1/s1. The quantitative estimate of drug-likeness (QED) is 0.581. The van der Waals surface area contributed by atoms with Crippen molar-refractivity contribution in [1.82, 2.24) is 19.5 Å². The number of benzene rings is 1. The van der Waals surface area contributed by atoms with Gasteiger partial charge in [-0.3, -0.25) is 4.57 Å². The molecular weight excluding hydrogens is 401 g/mol. The summed E-state index contributed by atoms with van der Waals surface area (Å²) in [5, 5.41) is 23.9. The second-order valence-electron chi connectivity index (χ2n) is 7.41. The SMILES string of the molecule is C[C@]1(O)[C@@H](CO)O[C@H](n2cnc3c(NCc4cccc(Cl)c4)ncnc32)[C@]1(C)F. The number of rotatable bonds is 5. The Morgan fingerprint density at radius 1 is 1.31 bits per heavy atom. The maximum Gasteiger partial charge on any atom is 0.183 e. The number of hydrogen-bond acceptors (Lipinski definition) is 7. The summed E-state index contributed by atoms with van der Waals surface area (Å²) < 4.78 is 22.5. The van der Waals surface area contributed by atoms with Crippen LogP contribution in [0, 0.1) is 0 Å². The summed E-state index contributed by atoms with van der Waals surface area (Å²) in [6.07, 6.45) is 0.437. The van der Waals surface area contributed by atoms with Crippen molar-refractivity contribution in [2.75, 3.05) is 11.9 Å². The third kappa shape index (κ3) is 3.24. The Balaban J connectivity index is 1.66. The normalized spacial score (nSPS) is 29.4. The molecule has 2 aromatic heterocycles. The van der Waals surface area contributed by atoms with Gasteiger partial charge in [-0.1, -0.05) is 23.7 Å². The average molecular weight is 422 g/mol. The topological polar surface area (TPSA) is 105 Å². The number of aliphatic hydroxyl groups excluding tert-OH is 1. The van der Waals surface area contributed by atoms with Crippen molar-refractivity contribution < 1.29 is 19.3 Å². The zero-order valence-electron chi connectivity index (χ0n) is 15.9. The molecule has 0 radical (unpaired) electrons.